The highest BCUT2D eigenvalue weighted by Crippen LogP contribution is 2.21. The van der Waals surface area contributed by atoms with Crippen LogP contribution in [0.1, 0.15) is 25.1 Å². The Morgan fingerprint density at radius 2 is 2.21 bits per heavy atom. The number of aromatic nitrogens is 1. The normalized spacial score (nSPS) is 13.4. The molecule has 74 valence electrons. The molecule has 0 aliphatic heterocycles. The molecule has 2 nitrogen and oxygen atoms in total. The van der Waals surface area contributed by atoms with Gasteiger partial charge in [0, 0.05) is 22.6 Å². The van der Waals surface area contributed by atoms with Crippen molar-refractivity contribution in [3.8, 4) is 0 Å². The van der Waals surface area contributed by atoms with Crippen LogP contribution in [0.15, 0.2) is 24.3 Å². The second-order valence-electron chi connectivity index (χ2n) is 3.47. The largest absolute Gasteiger partial charge is 0.357 e. The predicted octanol–water partition coefficient (Wildman–Crippen LogP) is 2.72. The van der Waals surface area contributed by atoms with Gasteiger partial charge in [0.25, 0.3) is 0 Å². The maximum atomic E-state index is 12.9. The Labute approximate surface area is 81.9 Å². The standard InChI is InChI=1S/C11H13FN2/c1-2-9(13)11-6-7-5-8(12)3-4-10(7)14-11/h3-6,9,14H,2,13H2,1H3/t9-/m1/s1. The summed E-state index contributed by atoms with van der Waals surface area (Å²) in [7, 11) is 0. The second kappa shape index (κ2) is 3.42. The molecule has 1 atom stereocenters. The third-order valence-corrected chi connectivity index (χ3v) is 2.44. The minimum atomic E-state index is -0.215. The van der Waals surface area contributed by atoms with E-state index in [2.05, 4.69) is 4.98 Å². The van der Waals surface area contributed by atoms with E-state index in [1.165, 1.54) is 12.1 Å². The predicted molar refractivity (Wildman–Crippen MR) is 55.5 cm³/mol. The average Bonchev–Trinajstić information content (AvgIpc) is 2.59. The summed E-state index contributed by atoms with van der Waals surface area (Å²) in [5, 5.41) is 0.879. The van der Waals surface area contributed by atoms with Crippen LogP contribution in [0.5, 0.6) is 0 Å². The molecule has 3 N–H and O–H groups in total. The smallest absolute Gasteiger partial charge is 0.123 e. The Morgan fingerprint density at radius 1 is 1.43 bits per heavy atom. The van der Waals surface area contributed by atoms with E-state index in [0.29, 0.717) is 0 Å². The fourth-order valence-corrected chi connectivity index (χ4v) is 1.55. The van der Waals surface area contributed by atoms with Crippen molar-refractivity contribution < 1.29 is 4.39 Å². The van der Waals surface area contributed by atoms with Crippen LogP contribution in [0.2, 0.25) is 0 Å². The van der Waals surface area contributed by atoms with E-state index in [1.807, 2.05) is 13.0 Å². The quantitative estimate of drug-likeness (QED) is 0.754. The van der Waals surface area contributed by atoms with Gasteiger partial charge in [-0.2, -0.15) is 0 Å². The van der Waals surface area contributed by atoms with Gasteiger partial charge >= 0.3 is 0 Å². The van der Waals surface area contributed by atoms with Crippen LogP contribution in [-0.2, 0) is 0 Å². The van der Waals surface area contributed by atoms with Crippen molar-refractivity contribution in [3.05, 3.63) is 35.8 Å². The summed E-state index contributed by atoms with van der Waals surface area (Å²) in [6, 6.07) is 6.60. The van der Waals surface area contributed by atoms with E-state index in [4.69, 9.17) is 5.73 Å². The molecule has 0 unspecified atom stereocenters. The summed E-state index contributed by atoms with van der Waals surface area (Å²) >= 11 is 0. The maximum Gasteiger partial charge on any atom is 0.123 e. The number of hydrogen-bond acceptors (Lipinski definition) is 1. The first-order valence-electron chi connectivity index (χ1n) is 4.74. The molecule has 0 bridgehead atoms. The minimum absolute atomic E-state index is 0.00506. The van der Waals surface area contributed by atoms with Crippen molar-refractivity contribution in [2.24, 2.45) is 5.73 Å². The van der Waals surface area contributed by atoms with Gasteiger partial charge in [0.15, 0.2) is 0 Å². The topological polar surface area (TPSA) is 41.8 Å². The number of aromatic amines is 1. The van der Waals surface area contributed by atoms with Gasteiger partial charge in [0.05, 0.1) is 0 Å². The Balaban J connectivity index is 2.51. The summed E-state index contributed by atoms with van der Waals surface area (Å²) in [5.41, 5.74) is 7.77. The zero-order valence-corrected chi connectivity index (χ0v) is 8.05. The van der Waals surface area contributed by atoms with Gasteiger partial charge in [-0.3, -0.25) is 0 Å². The number of rotatable bonds is 2. The SMILES string of the molecule is CC[C@@H](N)c1cc2cc(F)ccc2[nH]1. The summed E-state index contributed by atoms with van der Waals surface area (Å²) in [6.07, 6.45) is 0.870. The average molecular weight is 192 g/mol. The zero-order valence-electron chi connectivity index (χ0n) is 8.05. The van der Waals surface area contributed by atoms with Crippen LogP contribution in [0.25, 0.3) is 10.9 Å². The number of nitrogens with one attached hydrogen (secondary N) is 1. The van der Waals surface area contributed by atoms with Gasteiger partial charge in [0.1, 0.15) is 5.82 Å². The lowest BCUT2D eigenvalue weighted by atomic mass is 10.1. The molecule has 1 aromatic carbocycles. The van der Waals surface area contributed by atoms with Crippen molar-refractivity contribution in [1.82, 2.24) is 4.98 Å². The van der Waals surface area contributed by atoms with Gasteiger partial charge in [-0.05, 0) is 30.7 Å². The monoisotopic (exact) mass is 192 g/mol. The van der Waals surface area contributed by atoms with E-state index in [0.717, 1.165) is 23.0 Å². The summed E-state index contributed by atoms with van der Waals surface area (Å²) in [4.78, 5) is 3.18. The number of fused-ring (bicyclic) bond motifs is 1. The van der Waals surface area contributed by atoms with Crippen LogP contribution in [0.3, 0.4) is 0 Å². The van der Waals surface area contributed by atoms with Crippen LogP contribution < -0.4 is 5.73 Å². The number of hydrogen-bond donors (Lipinski definition) is 2. The van der Waals surface area contributed by atoms with Gasteiger partial charge in [-0.25, -0.2) is 4.39 Å². The molecule has 2 rings (SSSR count). The molecule has 2 aromatic rings. The van der Waals surface area contributed by atoms with E-state index in [9.17, 15) is 4.39 Å². The number of nitrogens with two attached hydrogens (primary N) is 1. The van der Waals surface area contributed by atoms with Crippen molar-refractivity contribution >= 4 is 10.9 Å². The highest BCUT2D eigenvalue weighted by molar-refractivity contribution is 5.80. The van der Waals surface area contributed by atoms with E-state index < -0.39 is 0 Å². The van der Waals surface area contributed by atoms with Gasteiger partial charge in [-0.15, -0.1) is 0 Å². The Bertz CT molecular complexity index is 447. The van der Waals surface area contributed by atoms with Gasteiger partial charge in [0.2, 0.25) is 0 Å². The lowest BCUT2D eigenvalue weighted by Crippen LogP contribution is -2.08. The molecule has 0 saturated heterocycles. The van der Waals surface area contributed by atoms with Gasteiger partial charge in [-0.1, -0.05) is 6.92 Å². The molecule has 0 aliphatic carbocycles. The van der Waals surface area contributed by atoms with Crippen LogP contribution in [0.4, 0.5) is 4.39 Å². The first-order chi connectivity index (χ1) is 6.70. The summed E-state index contributed by atoms with van der Waals surface area (Å²) < 4.78 is 12.9. The molecule has 1 aromatic heterocycles. The first-order valence-corrected chi connectivity index (χ1v) is 4.74. The van der Waals surface area contributed by atoms with Crippen LogP contribution >= 0.6 is 0 Å². The maximum absolute atomic E-state index is 12.9. The molecular formula is C11H13FN2. The number of benzene rings is 1. The third-order valence-electron chi connectivity index (χ3n) is 2.44. The third kappa shape index (κ3) is 1.51. The summed E-state index contributed by atoms with van der Waals surface area (Å²) in [6.45, 7) is 2.02. The molecule has 0 fully saturated rings. The van der Waals surface area contributed by atoms with Gasteiger partial charge < -0.3 is 10.7 Å². The molecular weight excluding hydrogens is 179 g/mol. The lowest BCUT2D eigenvalue weighted by Gasteiger charge is -2.03. The Morgan fingerprint density at radius 3 is 2.93 bits per heavy atom. The van der Waals surface area contributed by atoms with Crippen molar-refractivity contribution in [3.63, 3.8) is 0 Å². The lowest BCUT2D eigenvalue weighted by molar-refractivity contribution is 0.630. The number of halogens is 1. The number of H-pyrrole nitrogens is 1. The molecule has 0 spiro atoms. The summed E-state index contributed by atoms with van der Waals surface area (Å²) in [5.74, 6) is -0.215. The van der Waals surface area contributed by atoms with Crippen LogP contribution in [-0.4, -0.2) is 4.98 Å². The molecule has 0 radical (unpaired) electrons. The molecule has 3 heteroatoms. The first kappa shape index (κ1) is 9.21. The highest BCUT2D eigenvalue weighted by Gasteiger charge is 2.07. The van der Waals surface area contributed by atoms with E-state index in [-0.39, 0.29) is 11.9 Å². The second-order valence-corrected chi connectivity index (χ2v) is 3.47. The van der Waals surface area contributed by atoms with Crippen LogP contribution in [0, 0.1) is 5.82 Å². The minimum Gasteiger partial charge on any atom is -0.357 e. The van der Waals surface area contributed by atoms with E-state index >= 15 is 0 Å². The van der Waals surface area contributed by atoms with Crippen molar-refractivity contribution in [2.75, 3.05) is 0 Å². The molecule has 14 heavy (non-hydrogen) atoms. The Kier molecular flexibility index (Phi) is 2.25. The molecule has 0 aliphatic rings. The van der Waals surface area contributed by atoms with Crippen molar-refractivity contribution in [1.29, 1.82) is 0 Å². The molecule has 0 amide bonds. The Hall–Kier alpha value is -1.35. The van der Waals surface area contributed by atoms with E-state index in [1.54, 1.807) is 6.07 Å². The zero-order chi connectivity index (χ0) is 10.1. The molecule has 1 heterocycles. The van der Waals surface area contributed by atoms with Crippen molar-refractivity contribution in [2.45, 2.75) is 19.4 Å². The fraction of sp³-hybridized carbons (Fsp3) is 0.273. The molecule has 0 saturated carbocycles. The fourth-order valence-electron chi connectivity index (χ4n) is 1.55. The highest BCUT2D eigenvalue weighted by atomic mass is 19.1.